The molecule has 0 aliphatic carbocycles. The molecule has 1 amide bonds. The molecule has 0 fully saturated rings. The van der Waals surface area contributed by atoms with E-state index in [4.69, 9.17) is 14.7 Å². The van der Waals surface area contributed by atoms with Crippen molar-refractivity contribution >= 4 is 32.6 Å². The van der Waals surface area contributed by atoms with E-state index in [1.165, 1.54) is 11.3 Å². The van der Waals surface area contributed by atoms with Crippen LogP contribution in [0.2, 0.25) is 0 Å². The third-order valence-electron chi connectivity index (χ3n) is 5.75. The summed E-state index contributed by atoms with van der Waals surface area (Å²) < 4.78 is 12.6. The third kappa shape index (κ3) is 6.65. The fraction of sp³-hybridized carbons (Fsp3) is 0.250. The van der Waals surface area contributed by atoms with Gasteiger partial charge in [-0.25, -0.2) is 4.98 Å². The number of aliphatic hydroxyl groups excluding tert-OH is 2. The number of likely N-dealkylation sites (N-methyl/N-ethyl adjacent to an activating group) is 1. The number of aromatic nitrogens is 1. The molecular weight excluding hydrogens is 504 g/mol. The SMILES string of the molecule is CN(C)CCOc1ccc(OC(C(=O)Nc2nc3cc(CO)c(CO)cc3s2)c2ccc(C#N)cc2)cc1. The Hall–Kier alpha value is -4.01. The Bertz CT molecular complexity index is 1390. The van der Waals surface area contributed by atoms with Crippen LogP contribution in [0.5, 0.6) is 11.5 Å². The molecular formula is C28H28N4O5S. The van der Waals surface area contributed by atoms with Gasteiger partial charge in [0, 0.05) is 12.1 Å². The molecule has 0 radical (unpaired) electrons. The van der Waals surface area contributed by atoms with Crippen molar-refractivity contribution in [2.24, 2.45) is 0 Å². The van der Waals surface area contributed by atoms with Crippen LogP contribution in [-0.2, 0) is 18.0 Å². The van der Waals surface area contributed by atoms with E-state index in [1.54, 1.807) is 60.7 Å². The Balaban J connectivity index is 1.55. The standard InChI is InChI=1S/C28H28N4O5S/c1-32(2)11-12-36-22-7-9-23(10-8-22)37-26(19-5-3-18(15-29)4-6-19)27(35)31-28-30-24-13-20(16-33)21(17-34)14-25(24)38-28/h3-10,13-14,26,33-34H,11-12,16-17H2,1-2H3,(H,30,31,35). The summed E-state index contributed by atoms with van der Waals surface area (Å²) in [5.41, 5.74) is 2.83. The van der Waals surface area contributed by atoms with Gasteiger partial charge in [-0.1, -0.05) is 23.5 Å². The van der Waals surface area contributed by atoms with Gasteiger partial charge in [0.2, 0.25) is 6.10 Å². The normalized spacial score (nSPS) is 11.8. The highest BCUT2D eigenvalue weighted by molar-refractivity contribution is 7.22. The molecule has 0 aliphatic heterocycles. The average Bonchev–Trinajstić information content (AvgIpc) is 3.32. The Labute approximate surface area is 224 Å². The van der Waals surface area contributed by atoms with Crippen molar-refractivity contribution in [2.45, 2.75) is 19.3 Å². The molecule has 4 rings (SSSR count). The highest BCUT2D eigenvalue weighted by Gasteiger charge is 2.24. The number of rotatable bonds is 11. The number of hydrogen-bond donors (Lipinski definition) is 3. The van der Waals surface area contributed by atoms with Crippen molar-refractivity contribution in [2.75, 3.05) is 32.6 Å². The molecule has 1 heterocycles. The maximum atomic E-state index is 13.4. The Morgan fingerprint density at radius 3 is 2.34 bits per heavy atom. The number of carbonyl (C=O) groups excluding carboxylic acids is 1. The van der Waals surface area contributed by atoms with Crippen LogP contribution in [0.25, 0.3) is 10.2 Å². The van der Waals surface area contributed by atoms with Crippen LogP contribution in [0.3, 0.4) is 0 Å². The highest BCUT2D eigenvalue weighted by atomic mass is 32.1. The number of fused-ring (bicyclic) bond motifs is 1. The maximum absolute atomic E-state index is 13.4. The molecule has 38 heavy (non-hydrogen) atoms. The highest BCUT2D eigenvalue weighted by Crippen LogP contribution is 2.31. The monoisotopic (exact) mass is 532 g/mol. The first-order chi connectivity index (χ1) is 18.4. The van der Waals surface area contributed by atoms with Crippen LogP contribution in [0, 0.1) is 11.3 Å². The molecule has 1 aromatic heterocycles. The first-order valence-corrected chi connectivity index (χ1v) is 12.7. The summed E-state index contributed by atoms with van der Waals surface area (Å²) in [7, 11) is 3.95. The minimum absolute atomic E-state index is 0.209. The summed E-state index contributed by atoms with van der Waals surface area (Å²) in [6.45, 7) is 0.900. The molecule has 0 spiro atoms. The summed E-state index contributed by atoms with van der Waals surface area (Å²) in [5.74, 6) is 0.723. The van der Waals surface area contributed by atoms with Crippen LogP contribution < -0.4 is 14.8 Å². The van der Waals surface area contributed by atoms with E-state index in [1.807, 2.05) is 19.0 Å². The van der Waals surface area contributed by atoms with Gasteiger partial charge >= 0.3 is 0 Å². The van der Waals surface area contributed by atoms with Gasteiger partial charge in [-0.05, 0) is 73.8 Å². The lowest BCUT2D eigenvalue weighted by molar-refractivity contribution is -0.123. The minimum atomic E-state index is -1.02. The molecule has 0 aliphatic rings. The Morgan fingerprint density at radius 2 is 1.71 bits per heavy atom. The molecule has 3 aromatic carbocycles. The van der Waals surface area contributed by atoms with E-state index in [9.17, 15) is 15.0 Å². The smallest absolute Gasteiger partial charge is 0.271 e. The van der Waals surface area contributed by atoms with Gasteiger partial charge in [-0.15, -0.1) is 0 Å². The first-order valence-electron chi connectivity index (χ1n) is 11.9. The van der Waals surface area contributed by atoms with Crippen molar-refractivity contribution in [3.8, 4) is 17.6 Å². The second-order valence-corrected chi connectivity index (χ2v) is 9.80. The number of amides is 1. The maximum Gasteiger partial charge on any atom is 0.271 e. The van der Waals surface area contributed by atoms with Gasteiger partial charge in [0.15, 0.2) is 5.13 Å². The summed E-state index contributed by atoms with van der Waals surface area (Å²) in [4.78, 5) is 19.9. The van der Waals surface area contributed by atoms with Crippen molar-refractivity contribution in [1.82, 2.24) is 9.88 Å². The Morgan fingerprint density at radius 1 is 1.05 bits per heavy atom. The van der Waals surface area contributed by atoms with E-state index in [0.29, 0.717) is 51.0 Å². The topological polar surface area (TPSA) is 128 Å². The summed E-state index contributed by atoms with van der Waals surface area (Å²) in [6, 6.07) is 19.2. The van der Waals surface area contributed by atoms with Gasteiger partial charge in [-0.2, -0.15) is 5.26 Å². The summed E-state index contributed by atoms with van der Waals surface area (Å²) in [6.07, 6.45) is -1.02. The number of ether oxygens (including phenoxy) is 2. The van der Waals surface area contributed by atoms with Gasteiger partial charge < -0.3 is 24.6 Å². The molecule has 3 N–H and O–H groups in total. The summed E-state index contributed by atoms with van der Waals surface area (Å²) >= 11 is 1.26. The summed E-state index contributed by atoms with van der Waals surface area (Å²) in [5, 5.41) is 31.5. The van der Waals surface area contributed by atoms with Crippen LogP contribution >= 0.6 is 11.3 Å². The predicted molar refractivity (Wildman–Crippen MR) is 145 cm³/mol. The molecule has 196 valence electrons. The second-order valence-electron chi connectivity index (χ2n) is 8.77. The van der Waals surface area contributed by atoms with Gasteiger partial charge in [0.1, 0.15) is 18.1 Å². The molecule has 4 aromatic rings. The van der Waals surface area contributed by atoms with Crippen molar-refractivity contribution in [3.05, 3.63) is 82.9 Å². The Kier molecular flexibility index (Phi) is 8.89. The van der Waals surface area contributed by atoms with E-state index in [2.05, 4.69) is 16.4 Å². The zero-order valence-electron chi connectivity index (χ0n) is 21.0. The lowest BCUT2D eigenvalue weighted by Gasteiger charge is -2.19. The van der Waals surface area contributed by atoms with Gasteiger partial charge in [-0.3, -0.25) is 10.1 Å². The van der Waals surface area contributed by atoms with E-state index < -0.39 is 12.0 Å². The van der Waals surface area contributed by atoms with E-state index in [-0.39, 0.29) is 13.2 Å². The minimum Gasteiger partial charge on any atom is -0.492 e. The van der Waals surface area contributed by atoms with Gasteiger partial charge in [0.05, 0.1) is 35.1 Å². The number of nitrogens with one attached hydrogen (secondary N) is 1. The zero-order chi connectivity index (χ0) is 27.1. The molecule has 10 heteroatoms. The average molecular weight is 533 g/mol. The lowest BCUT2D eigenvalue weighted by atomic mass is 10.1. The predicted octanol–water partition coefficient (Wildman–Crippen LogP) is 3.85. The second kappa shape index (κ2) is 12.5. The third-order valence-corrected chi connectivity index (χ3v) is 6.68. The molecule has 0 bridgehead atoms. The largest absolute Gasteiger partial charge is 0.492 e. The van der Waals surface area contributed by atoms with E-state index >= 15 is 0 Å². The fourth-order valence-corrected chi connectivity index (χ4v) is 4.59. The van der Waals surface area contributed by atoms with Crippen molar-refractivity contribution in [3.63, 3.8) is 0 Å². The quantitative estimate of drug-likeness (QED) is 0.266. The number of thiazole rings is 1. The number of carbonyl (C=O) groups is 1. The number of nitriles is 1. The number of hydrogen-bond acceptors (Lipinski definition) is 9. The van der Waals surface area contributed by atoms with Crippen LogP contribution in [0.1, 0.15) is 28.4 Å². The molecule has 0 saturated carbocycles. The zero-order valence-corrected chi connectivity index (χ0v) is 21.9. The number of benzene rings is 3. The van der Waals surface area contributed by atoms with Crippen molar-refractivity contribution in [1.29, 1.82) is 5.26 Å². The lowest BCUT2D eigenvalue weighted by Crippen LogP contribution is -2.25. The molecule has 0 saturated heterocycles. The van der Waals surface area contributed by atoms with Crippen molar-refractivity contribution < 1.29 is 24.5 Å². The van der Waals surface area contributed by atoms with Crippen LogP contribution in [-0.4, -0.2) is 53.3 Å². The van der Waals surface area contributed by atoms with E-state index in [0.717, 1.165) is 11.2 Å². The number of anilines is 1. The molecule has 9 nitrogen and oxygen atoms in total. The fourth-order valence-electron chi connectivity index (χ4n) is 3.68. The van der Waals surface area contributed by atoms with Gasteiger partial charge in [0.25, 0.3) is 5.91 Å². The molecule has 1 atom stereocenters. The number of aliphatic hydroxyl groups is 2. The van der Waals surface area contributed by atoms with Crippen LogP contribution in [0.4, 0.5) is 5.13 Å². The van der Waals surface area contributed by atoms with Crippen LogP contribution in [0.15, 0.2) is 60.7 Å². The number of nitrogens with zero attached hydrogens (tertiary/aromatic N) is 3. The molecule has 1 unspecified atom stereocenters. The first kappa shape index (κ1) is 27.0.